The van der Waals surface area contributed by atoms with Gasteiger partial charge in [0.15, 0.2) is 11.8 Å². The van der Waals surface area contributed by atoms with E-state index in [1.165, 1.54) is 0 Å². The van der Waals surface area contributed by atoms with Crippen molar-refractivity contribution in [1.29, 1.82) is 0 Å². The molecule has 0 aliphatic carbocycles. The first-order valence-electron chi connectivity index (χ1n) is 8.81. The van der Waals surface area contributed by atoms with Gasteiger partial charge in [-0.05, 0) is 44.5 Å². The molecule has 31 heavy (non-hydrogen) atoms. The van der Waals surface area contributed by atoms with Crippen molar-refractivity contribution in [3.63, 3.8) is 0 Å². The van der Waals surface area contributed by atoms with Gasteiger partial charge in [-0.15, -0.1) is 0 Å². The van der Waals surface area contributed by atoms with E-state index in [0.717, 1.165) is 0 Å². The zero-order valence-electron chi connectivity index (χ0n) is 16.6. The molecule has 1 rings (SSSR count). The first kappa shape index (κ1) is 27.0. The van der Waals surface area contributed by atoms with Gasteiger partial charge in [0.25, 0.3) is 0 Å². The Bertz CT molecular complexity index is 717. The number of hydrogen-bond acceptors (Lipinski definition) is 8. The molecule has 1 aromatic carbocycles. The van der Waals surface area contributed by atoms with E-state index in [0.29, 0.717) is 24.3 Å². The molecule has 0 radical (unpaired) electrons. The molecule has 0 heterocycles. The molecule has 0 atom stereocenters. The van der Waals surface area contributed by atoms with Crippen LogP contribution in [0.4, 0.5) is 0 Å². The van der Waals surface area contributed by atoms with E-state index in [2.05, 4.69) is 0 Å². The number of ether oxygens (including phenoxy) is 2. The van der Waals surface area contributed by atoms with Crippen LogP contribution in [-0.2, 0) is 28.7 Å². The maximum Gasteiger partial charge on any atom is 0.338 e. The summed E-state index contributed by atoms with van der Waals surface area (Å²) >= 11 is 0. The molecular weight excluding hydrogens is 420 g/mol. The zero-order valence-corrected chi connectivity index (χ0v) is 16.6. The van der Waals surface area contributed by atoms with Gasteiger partial charge in [0.1, 0.15) is 0 Å². The average Bonchev–Trinajstić information content (AvgIpc) is 2.68. The lowest BCUT2D eigenvalue weighted by Crippen LogP contribution is -2.32. The molecule has 0 aliphatic rings. The number of carbonyl (C=O) groups excluding carboxylic acids is 2. The predicted molar refractivity (Wildman–Crippen MR) is 100 cm³/mol. The van der Waals surface area contributed by atoms with Crippen molar-refractivity contribution >= 4 is 35.8 Å². The Balaban J connectivity index is 0.000000582. The molecule has 0 spiro atoms. The van der Waals surface area contributed by atoms with Crippen molar-refractivity contribution in [2.24, 2.45) is 11.8 Å². The van der Waals surface area contributed by atoms with Crippen molar-refractivity contribution in [3.05, 3.63) is 35.4 Å². The second-order valence-electron chi connectivity index (χ2n) is 5.71. The van der Waals surface area contributed by atoms with E-state index in [9.17, 15) is 28.8 Å². The quantitative estimate of drug-likeness (QED) is 0.296. The van der Waals surface area contributed by atoms with Gasteiger partial charge in [-0.2, -0.15) is 0 Å². The summed E-state index contributed by atoms with van der Waals surface area (Å²) in [4.78, 5) is 64.0. The molecule has 12 nitrogen and oxygen atoms in total. The molecule has 12 heteroatoms. The van der Waals surface area contributed by atoms with Crippen LogP contribution in [0.15, 0.2) is 24.3 Å². The molecule has 170 valence electrons. The van der Waals surface area contributed by atoms with Crippen molar-refractivity contribution in [2.75, 3.05) is 13.2 Å². The van der Waals surface area contributed by atoms with E-state index in [-0.39, 0.29) is 0 Å². The summed E-state index contributed by atoms with van der Waals surface area (Å²) < 4.78 is 9.64. The number of aliphatic carboxylic acids is 4. The first-order valence-corrected chi connectivity index (χ1v) is 8.81. The van der Waals surface area contributed by atoms with Crippen molar-refractivity contribution in [2.45, 2.75) is 20.3 Å². The van der Waals surface area contributed by atoms with Crippen LogP contribution < -0.4 is 0 Å². The summed E-state index contributed by atoms with van der Waals surface area (Å²) in [5.41, 5.74) is 0.852. The van der Waals surface area contributed by atoms with Gasteiger partial charge in [0.2, 0.25) is 0 Å². The fourth-order valence-electron chi connectivity index (χ4n) is 2.02. The van der Waals surface area contributed by atoms with Crippen LogP contribution in [0, 0.1) is 11.8 Å². The molecular formula is C19H22O12. The van der Waals surface area contributed by atoms with Crippen molar-refractivity contribution in [3.8, 4) is 0 Å². The summed E-state index contributed by atoms with van der Waals surface area (Å²) in [7, 11) is 0. The van der Waals surface area contributed by atoms with Crippen LogP contribution in [0.25, 0.3) is 0 Å². The second-order valence-corrected chi connectivity index (χ2v) is 5.71. The average molecular weight is 442 g/mol. The SMILES string of the molecule is CCOC(=O)c1ccc(C(=O)OCC)cc1.O=C(O)C(CC(C(=O)O)C(=O)O)C(=O)O. The number of carbonyl (C=O) groups is 6. The molecule has 0 saturated carbocycles. The number of carboxylic acids is 4. The van der Waals surface area contributed by atoms with Crippen LogP contribution >= 0.6 is 0 Å². The van der Waals surface area contributed by atoms with E-state index < -0.39 is 54.1 Å². The molecule has 0 saturated heterocycles. The molecule has 1 aromatic rings. The minimum absolute atomic E-state index is 0.332. The van der Waals surface area contributed by atoms with Crippen molar-refractivity contribution in [1.82, 2.24) is 0 Å². The third-order valence-electron chi connectivity index (χ3n) is 3.57. The second kappa shape index (κ2) is 13.3. The van der Waals surface area contributed by atoms with Crippen LogP contribution in [0.2, 0.25) is 0 Å². The standard InChI is InChI=1S/C12H14O4.C7H8O8/c1-3-15-11(13)9-5-7-10(8-6-9)12(14)16-4-2;8-4(9)2(5(10)11)1-3(6(12)13)7(14)15/h5-8H,3-4H2,1-2H3;2-3H,1H2,(H,8,9)(H,10,11)(H,12,13)(H,14,15). The van der Waals surface area contributed by atoms with Gasteiger partial charge >= 0.3 is 35.8 Å². The highest BCUT2D eigenvalue weighted by Gasteiger charge is 2.36. The summed E-state index contributed by atoms with van der Waals surface area (Å²) in [6, 6.07) is 6.18. The highest BCUT2D eigenvalue weighted by Crippen LogP contribution is 2.14. The Labute approximate surface area is 176 Å². The molecule has 4 N–H and O–H groups in total. The lowest BCUT2D eigenvalue weighted by atomic mass is 9.95. The largest absolute Gasteiger partial charge is 0.481 e. The van der Waals surface area contributed by atoms with Gasteiger partial charge in [0, 0.05) is 0 Å². The Kier molecular flexibility index (Phi) is 11.6. The van der Waals surface area contributed by atoms with E-state index in [1.54, 1.807) is 38.1 Å². The highest BCUT2D eigenvalue weighted by atomic mass is 16.5. The molecule has 0 bridgehead atoms. The fourth-order valence-corrected chi connectivity index (χ4v) is 2.02. The molecule has 0 aromatic heterocycles. The van der Waals surface area contributed by atoms with Crippen LogP contribution in [0.5, 0.6) is 0 Å². The molecule has 0 amide bonds. The number of carboxylic acid groups (broad SMARTS) is 4. The Morgan fingerprint density at radius 2 is 0.903 bits per heavy atom. The summed E-state index contributed by atoms with van der Waals surface area (Å²) in [5.74, 6) is -11.9. The summed E-state index contributed by atoms with van der Waals surface area (Å²) in [6.45, 7) is 4.15. The third-order valence-corrected chi connectivity index (χ3v) is 3.57. The fraction of sp³-hybridized carbons (Fsp3) is 0.368. The lowest BCUT2D eigenvalue weighted by molar-refractivity contribution is -0.159. The van der Waals surface area contributed by atoms with Gasteiger partial charge in [-0.25, -0.2) is 9.59 Å². The Morgan fingerprint density at radius 3 is 1.10 bits per heavy atom. The molecule has 0 aliphatic heterocycles. The third kappa shape index (κ3) is 9.39. The van der Waals surface area contributed by atoms with E-state index in [1.807, 2.05) is 0 Å². The smallest absolute Gasteiger partial charge is 0.338 e. The minimum atomic E-state index is -2.04. The molecule has 0 fully saturated rings. The maximum absolute atomic E-state index is 11.3. The van der Waals surface area contributed by atoms with E-state index in [4.69, 9.17) is 29.9 Å². The zero-order chi connectivity index (χ0) is 24.1. The van der Waals surface area contributed by atoms with Crippen LogP contribution in [-0.4, -0.2) is 69.5 Å². The number of esters is 2. The molecule has 0 unspecified atom stereocenters. The van der Waals surface area contributed by atoms with E-state index >= 15 is 0 Å². The van der Waals surface area contributed by atoms with Crippen LogP contribution in [0.1, 0.15) is 41.0 Å². The van der Waals surface area contributed by atoms with Gasteiger partial charge in [-0.3, -0.25) is 19.2 Å². The summed E-state index contributed by atoms with van der Waals surface area (Å²) in [6.07, 6.45) is -0.991. The predicted octanol–water partition coefficient (Wildman–Crippen LogP) is 0.987. The first-order chi connectivity index (χ1) is 14.5. The van der Waals surface area contributed by atoms with Crippen molar-refractivity contribution < 1.29 is 58.7 Å². The normalized spacial score (nSPS) is 9.94. The maximum atomic E-state index is 11.3. The number of rotatable bonds is 10. The van der Waals surface area contributed by atoms with Crippen LogP contribution in [0.3, 0.4) is 0 Å². The number of hydrogen-bond donors (Lipinski definition) is 4. The minimum Gasteiger partial charge on any atom is -0.481 e. The number of benzene rings is 1. The lowest BCUT2D eigenvalue weighted by Gasteiger charge is -2.10. The monoisotopic (exact) mass is 442 g/mol. The Hall–Kier alpha value is -3.96. The van der Waals surface area contributed by atoms with Gasteiger partial charge < -0.3 is 29.9 Å². The summed E-state index contributed by atoms with van der Waals surface area (Å²) in [5, 5.41) is 33.6. The highest BCUT2D eigenvalue weighted by molar-refractivity contribution is 5.97. The Morgan fingerprint density at radius 1 is 0.645 bits per heavy atom. The topological polar surface area (TPSA) is 202 Å². The van der Waals surface area contributed by atoms with Gasteiger partial charge in [-0.1, -0.05) is 0 Å². The van der Waals surface area contributed by atoms with Gasteiger partial charge in [0.05, 0.1) is 24.3 Å².